The molecule has 0 bridgehead atoms. The summed E-state index contributed by atoms with van der Waals surface area (Å²) >= 11 is 1.33. The number of esters is 1. The third-order valence-corrected chi connectivity index (χ3v) is 8.74. The quantitative estimate of drug-likeness (QED) is 0.276. The van der Waals surface area contributed by atoms with Gasteiger partial charge in [-0.1, -0.05) is 49.6 Å². The molecule has 1 fully saturated rings. The van der Waals surface area contributed by atoms with Crippen molar-refractivity contribution in [3.05, 3.63) is 60.2 Å². The zero-order valence-corrected chi connectivity index (χ0v) is 20.6. The molecule has 1 aliphatic rings. The largest absolute Gasteiger partial charge is 0.462 e. The van der Waals surface area contributed by atoms with E-state index in [9.17, 15) is 18.0 Å². The van der Waals surface area contributed by atoms with Crippen LogP contribution in [0, 0.1) is 0 Å². The van der Waals surface area contributed by atoms with Crippen LogP contribution in [0.2, 0.25) is 0 Å². The lowest BCUT2D eigenvalue weighted by Crippen LogP contribution is -2.39. The van der Waals surface area contributed by atoms with Crippen molar-refractivity contribution in [2.45, 2.75) is 54.4 Å². The molecule has 3 rings (SSSR count). The summed E-state index contributed by atoms with van der Waals surface area (Å²) in [7, 11) is -1.54. The highest BCUT2D eigenvalue weighted by atomic mass is 32.2. The fourth-order valence-electron chi connectivity index (χ4n) is 3.91. The lowest BCUT2D eigenvalue weighted by atomic mass is 9.94. The van der Waals surface area contributed by atoms with Crippen molar-refractivity contribution in [2.75, 3.05) is 25.2 Å². The van der Waals surface area contributed by atoms with Gasteiger partial charge < -0.3 is 9.64 Å². The number of thioether (sulfide) groups is 1. The molecule has 2 aromatic rings. The Morgan fingerprint density at radius 1 is 1.00 bits per heavy atom. The Kier molecular flexibility index (Phi) is 9.38. The molecule has 1 saturated carbocycles. The number of carbonyl (C=O) groups is 2. The van der Waals surface area contributed by atoms with Gasteiger partial charge in [0.2, 0.25) is 5.91 Å². The lowest BCUT2D eigenvalue weighted by molar-refractivity contribution is -0.129. The number of benzene rings is 2. The van der Waals surface area contributed by atoms with E-state index in [-0.39, 0.29) is 35.3 Å². The second-order valence-corrected chi connectivity index (χ2v) is 11.3. The molecule has 1 aliphatic carbocycles. The van der Waals surface area contributed by atoms with Crippen LogP contribution in [0.1, 0.15) is 48.9 Å². The van der Waals surface area contributed by atoms with Crippen molar-refractivity contribution in [3.63, 3.8) is 0 Å². The summed E-state index contributed by atoms with van der Waals surface area (Å²) in [5, 5.41) is 0. The molecule has 8 heteroatoms. The van der Waals surface area contributed by atoms with E-state index in [1.807, 2.05) is 18.0 Å². The maximum atomic E-state index is 12.7. The molecule has 0 saturated heterocycles. The van der Waals surface area contributed by atoms with Crippen molar-refractivity contribution in [1.29, 1.82) is 0 Å². The van der Waals surface area contributed by atoms with E-state index < -0.39 is 15.8 Å². The monoisotopic (exact) mass is 489 g/mol. The van der Waals surface area contributed by atoms with Crippen LogP contribution in [0.15, 0.2) is 64.4 Å². The molecule has 0 aromatic heterocycles. The number of rotatable bonds is 10. The van der Waals surface area contributed by atoms with Crippen molar-refractivity contribution >= 4 is 33.5 Å². The Hall–Kier alpha value is -2.32. The minimum absolute atomic E-state index is 0.00719. The molecule has 0 atom stereocenters. The first kappa shape index (κ1) is 25.3. The van der Waals surface area contributed by atoms with Gasteiger partial charge in [-0.05, 0) is 43.5 Å². The van der Waals surface area contributed by atoms with Crippen LogP contribution in [-0.2, 0) is 19.4 Å². The van der Waals surface area contributed by atoms with Gasteiger partial charge in [-0.25, -0.2) is 13.2 Å². The molecule has 178 valence electrons. The normalized spacial score (nSPS) is 14.6. The summed E-state index contributed by atoms with van der Waals surface area (Å²) in [6, 6.07) is 15.6. The van der Waals surface area contributed by atoms with Crippen LogP contribution >= 0.6 is 11.8 Å². The SMILES string of the molecule is CN(C(=O)CSc1ccccc1C(=O)OCCCS(=O)(=O)c1ccccc1)C1CCCCC1. The van der Waals surface area contributed by atoms with Gasteiger partial charge in [-0.3, -0.25) is 4.79 Å². The van der Waals surface area contributed by atoms with Crippen molar-refractivity contribution in [2.24, 2.45) is 0 Å². The van der Waals surface area contributed by atoms with Crippen molar-refractivity contribution in [1.82, 2.24) is 4.90 Å². The van der Waals surface area contributed by atoms with Gasteiger partial charge in [-0.2, -0.15) is 0 Å². The molecule has 6 nitrogen and oxygen atoms in total. The Morgan fingerprint density at radius 2 is 1.67 bits per heavy atom. The van der Waals surface area contributed by atoms with E-state index in [0.29, 0.717) is 16.5 Å². The van der Waals surface area contributed by atoms with Gasteiger partial charge in [0.25, 0.3) is 0 Å². The molecule has 0 unspecified atom stereocenters. The van der Waals surface area contributed by atoms with Crippen molar-refractivity contribution in [3.8, 4) is 0 Å². The third-order valence-electron chi connectivity index (χ3n) is 5.87. The number of nitrogens with zero attached hydrogens (tertiary/aromatic N) is 1. The van der Waals surface area contributed by atoms with Gasteiger partial charge >= 0.3 is 5.97 Å². The standard InChI is InChI=1S/C25H31NO5S2/c1-26(20-11-4-2-5-12-20)24(27)19-32-23-16-9-8-15-22(23)25(28)31-17-10-18-33(29,30)21-13-6-3-7-14-21/h3,6-9,13-16,20H,2,4-5,10-12,17-19H2,1H3. The number of sulfone groups is 1. The molecular weight excluding hydrogens is 458 g/mol. The number of carbonyl (C=O) groups excluding carboxylic acids is 2. The van der Waals surface area contributed by atoms with E-state index in [4.69, 9.17) is 4.74 Å². The van der Waals surface area contributed by atoms with E-state index in [1.165, 1.54) is 18.2 Å². The molecule has 33 heavy (non-hydrogen) atoms. The Bertz CT molecular complexity index is 1030. The fraction of sp³-hybridized carbons (Fsp3) is 0.440. The Balaban J connectivity index is 1.49. The number of ether oxygens (including phenoxy) is 1. The number of hydrogen-bond acceptors (Lipinski definition) is 6. The maximum Gasteiger partial charge on any atom is 0.339 e. The first-order chi connectivity index (χ1) is 15.9. The average molecular weight is 490 g/mol. The molecule has 1 amide bonds. The summed E-state index contributed by atoms with van der Waals surface area (Å²) in [5.74, 6) is -0.292. The summed E-state index contributed by atoms with van der Waals surface area (Å²) in [5.41, 5.74) is 0.390. The third kappa shape index (κ3) is 7.33. The van der Waals surface area contributed by atoms with Crippen LogP contribution in [-0.4, -0.2) is 56.4 Å². The highest BCUT2D eigenvalue weighted by Gasteiger charge is 2.23. The highest BCUT2D eigenvalue weighted by Crippen LogP contribution is 2.26. The van der Waals surface area contributed by atoms with Crippen LogP contribution in [0.25, 0.3) is 0 Å². The van der Waals surface area contributed by atoms with Gasteiger partial charge in [0.1, 0.15) is 0 Å². The van der Waals surface area contributed by atoms with Gasteiger partial charge in [0.05, 0.1) is 28.6 Å². The molecule has 0 aliphatic heterocycles. The summed E-state index contributed by atoms with van der Waals surface area (Å²) in [6.07, 6.45) is 5.88. The molecule has 0 N–H and O–H groups in total. The fourth-order valence-corrected chi connectivity index (χ4v) is 6.18. The zero-order chi connectivity index (χ0) is 23.7. The van der Waals surface area contributed by atoms with Crippen LogP contribution < -0.4 is 0 Å². The van der Waals surface area contributed by atoms with Crippen LogP contribution in [0.3, 0.4) is 0 Å². The topological polar surface area (TPSA) is 80.8 Å². The molecule has 2 aromatic carbocycles. The van der Waals surface area contributed by atoms with Gasteiger partial charge in [0, 0.05) is 18.0 Å². The first-order valence-electron chi connectivity index (χ1n) is 11.3. The molecular formula is C25H31NO5S2. The summed E-state index contributed by atoms with van der Waals surface area (Å²) in [4.78, 5) is 28.1. The van der Waals surface area contributed by atoms with E-state index in [0.717, 1.165) is 25.7 Å². The summed E-state index contributed by atoms with van der Waals surface area (Å²) in [6.45, 7) is 0.00719. The minimum Gasteiger partial charge on any atom is -0.462 e. The first-order valence-corrected chi connectivity index (χ1v) is 13.9. The predicted molar refractivity (Wildman–Crippen MR) is 130 cm³/mol. The molecule has 0 spiro atoms. The van der Waals surface area contributed by atoms with E-state index in [2.05, 4.69) is 0 Å². The van der Waals surface area contributed by atoms with Gasteiger partial charge in [0.15, 0.2) is 9.84 Å². The smallest absolute Gasteiger partial charge is 0.339 e. The number of hydrogen-bond donors (Lipinski definition) is 0. The van der Waals surface area contributed by atoms with E-state index in [1.54, 1.807) is 48.5 Å². The van der Waals surface area contributed by atoms with Crippen LogP contribution in [0.5, 0.6) is 0 Å². The second kappa shape index (κ2) is 12.2. The zero-order valence-electron chi connectivity index (χ0n) is 18.9. The highest BCUT2D eigenvalue weighted by molar-refractivity contribution is 8.00. The van der Waals surface area contributed by atoms with Crippen LogP contribution in [0.4, 0.5) is 0 Å². The Labute approximate surface area is 200 Å². The van der Waals surface area contributed by atoms with Crippen molar-refractivity contribution < 1.29 is 22.7 Å². The Morgan fingerprint density at radius 3 is 2.39 bits per heavy atom. The number of amides is 1. The average Bonchev–Trinajstić information content (AvgIpc) is 2.85. The van der Waals surface area contributed by atoms with E-state index >= 15 is 0 Å². The predicted octanol–water partition coefficient (Wildman–Crippen LogP) is 4.59. The van der Waals surface area contributed by atoms with Gasteiger partial charge in [-0.15, -0.1) is 11.8 Å². The summed E-state index contributed by atoms with van der Waals surface area (Å²) < 4.78 is 30.0. The lowest BCUT2D eigenvalue weighted by Gasteiger charge is -2.31. The maximum absolute atomic E-state index is 12.7. The minimum atomic E-state index is -3.40. The molecule has 0 heterocycles. The second-order valence-electron chi connectivity index (χ2n) is 8.20. The molecule has 0 radical (unpaired) electrons.